The lowest BCUT2D eigenvalue weighted by Gasteiger charge is -2.09. The summed E-state index contributed by atoms with van der Waals surface area (Å²) in [5, 5.41) is 9.60. The fraction of sp³-hybridized carbons (Fsp3) is 0.0588. The maximum absolute atomic E-state index is 11.2. The van der Waals surface area contributed by atoms with Gasteiger partial charge in [0, 0.05) is 17.5 Å². The molecule has 0 saturated heterocycles. The number of fused-ring (bicyclic) bond motifs is 1. The van der Waals surface area contributed by atoms with E-state index >= 15 is 0 Å². The molecule has 1 N–H and O–H groups in total. The van der Waals surface area contributed by atoms with E-state index in [0.717, 1.165) is 5.39 Å². The molecule has 6 nitrogen and oxygen atoms in total. The van der Waals surface area contributed by atoms with Crippen molar-refractivity contribution in [2.24, 2.45) is 0 Å². The van der Waals surface area contributed by atoms with Gasteiger partial charge in [0.1, 0.15) is 17.1 Å². The van der Waals surface area contributed by atoms with Crippen molar-refractivity contribution < 1.29 is 23.8 Å². The fourth-order valence-electron chi connectivity index (χ4n) is 1.99. The number of rotatable bonds is 5. The van der Waals surface area contributed by atoms with E-state index in [4.69, 9.17) is 19.0 Å². The third kappa shape index (κ3) is 3.49. The molecule has 0 spiro atoms. The predicted octanol–water partition coefficient (Wildman–Crippen LogP) is 2.91. The third-order valence-electron chi connectivity index (χ3n) is 3.15. The van der Waals surface area contributed by atoms with Crippen molar-refractivity contribution in [2.45, 2.75) is 0 Å². The lowest BCUT2D eigenvalue weighted by atomic mass is 10.2. The molecule has 0 radical (unpaired) electrons. The third-order valence-corrected chi connectivity index (χ3v) is 3.15. The highest BCUT2D eigenvalue weighted by Gasteiger charge is 2.03. The topological polar surface area (TPSA) is 86.0 Å². The maximum atomic E-state index is 11.2. The maximum Gasteiger partial charge on any atom is 0.336 e. The van der Waals surface area contributed by atoms with Crippen LogP contribution in [-0.2, 0) is 0 Å². The summed E-state index contributed by atoms with van der Waals surface area (Å²) in [6.07, 6.45) is 0. The Labute approximate surface area is 130 Å². The molecule has 23 heavy (non-hydrogen) atoms. The van der Waals surface area contributed by atoms with E-state index in [1.165, 1.54) is 18.2 Å². The molecule has 3 rings (SSSR count). The zero-order valence-electron chi connectivity index (χ0n) is 11.9. The van der Waals surface area contributed by atoms with Crippen LogP contribution in [0.15, 0.2) is 63.8 Å². The normalized spacial score (nSPS) is 10.4. The van der Waals surface area contributed by atoms with Gasteiger partial charge in [-0.15, -0.1) is 0 Å². The number of hydrogen-bond acceptors (Lipinski definition) is 5. The van der Waals surface area contributed by atoms with Crippen molar-refractivity contribution in [3.63, 3.8) is 0 Å². The van der Waals surface area contributed by atoms with Crippen LogP contribution in [0.3, 0.4) is 0 Å². The van der Waals surface area contributed by atoms with Crippen LogP contribution in [0.5, 0.6) is 11.5 Å². The van der Waals surface area contributed by atoms with Crippen LogP contribution in [0, 0.1) is 0 Å². The molecular formula is C17H12O6. The van der Waals surface area contributed by atoms with Crippen LogP contribution >= 0.6 is 0 Å². The Morgan fingerprint density at radius 2 is 1.61 bits per heavy atom. The summed E-state index contributed by atoms with van der Waals surface area (Å²) in [7, 11) is 0. The Morgan fingerprint density at radius 1 is 0.957 bits per heavy atom. The molecule has 0 saturated carbocycles. The van der Waals surface area contributed by atoms with E-state index in [-0.39, 0.29) is 12.4 Å². The second-order valence-corrected chi connectivity index (χ2v) is 4.69. The van der Waals surface area contributed by atoms with Gasteiger partial charge in [-0.2, -0.15) is 0 Å². The smallest absolute Gasteiger partial charge is 0.336 e. The van der Waals surface area contributed by atoms with Gasteiger partial charge in [0.15, 0.2) is 0 Å². The molecule has 116 valence electrons. The van der Waals surface area contributed by atoms with Crippen molar-refractivity contribution in [3.05, 3.63) is 70.6 Å². The Kier molecular flexibility index (Phi) is 3.97. The second-order valence-electron chi connectivity index (χ2n) is 4.69. The Morgan fingerprint density at radius 3 is 2.35 bits per heavy atom. The van der Waals surface area contributed by atoms with Crippen LogP contribution in [0.1, 0.15) is 10.4 Å². The summed E-state index contributed by atoms with van der Waals surface area (Å²) in [5.74, 6) is -0.0122. The number of carboxylic acids is 1. The van der Waals surface area contributed by atoms with Gasteiger partial charge in [0.2, 0.25) is 6.79 Å². The van der Waals surface area contributed by atoms with E-state index in [1.807, 2.05) is 0 Å². The van der Waals surface area contributed by atoms with Gasteiger partial charge in [-0.05, 0) is 42.5 Å². The molecule has 2 aromatic carbocycles. The van der Waals surface area contributed by atoms with Gasteiger partial charge < -0.3 is 19.0 Å². The number of carbonyl (C=O) groups is 1. The molecule has 1 aromatic heterocycles. The number of benzene rings is 2. The van der Waals surface area contributed by atoms with E-state index in [1.54, 1.807) is 36.4 Å². The molecule has 1 heterocycles. The van der Waals surface area contributed by atoms with E-state index in [0.29, 0.717) is 17.1 Å². The van der Waals surface area contributed by atoms with Crippen molar-refractivity contribution in [3.8, 4) is 11.5 Å². The van der Waals surface area contributed by atoms with Gasteiger partial charge in [-0.1, -0.05) is 0 Å². The average molecular weight is 312 g/mol. The van der Waals surface area contributed by atoms with Crippen molar-refractivity contribution in [2.75, 3.05) is 6.79 Å². The SMILES string of the molecule is O=C(O)c1ccc(OCOc2ccc3ccc(=O)oc3c2)cc1. The van der Waals surface area contributed by atoms with Crippen LogP contribution in [0.2, 0.25) is 0 Å². The van der Waals surface area contributed by atoms with Gasteiger partial charge in [0.05, 0.1) is 5.56 Å². The van der Waals surface area contributed by atoms with Crippen LogP contribution in [0.4, 0.5) is 0 Å². The van der Waals surface area contributed by atoms with E-state index < -0.39 is 11.6 Å². The lowest BCUT2D eigenvalue weighted by molar-refractivity contribution is 0.0697. The largest absolute Gasteiger partial charge is 0.478 e. The van der Waals surface area contributed by atoms with E-state index in [2.05, 4.69) is 0 Å². The highest BCUT2D eigenvalue weighted by molar-refractivity contribution is 5.87. The minimum absolute atomic E-state index is 0.0605. The number of aromatic carboxylic acids is 1. The first-order valence-electron chi connectivity index (χ1n) is 6.75. The molecule has 3 aromatic rings. The number of carboxylic acid groups (broad SMARTS) is 1. The van der Waals surface area contributed by atoms with Crippen LogP contribution in [-0.4, -0.2) is 17.9 Å². The first kappa shape index (κ1) is 14.6. The zero-order valence-corrected chi connectivity index (χ0v) is 11.9. The highest BCUT2D eigenvalue weighted by Crippen LogP contribution is 2.20. The quantitative estimate of drug-likeness (QED) is 0.576. The molecule has 0 fully saturated rings. The van der Waals surface area contributed by atoms with Crippen molar-refractivity contribution in [1.29, 1.82) is 0 Å². The molecule has 0 aliphatic heterocycles. The van der Waals surface area contributed by atoms with Crippen molar-refractivity contribution in [1.82, 2.24) is 0 Å². The van der Waals surface area contributed by atoms with Crippen LogP contribution < -0.4 is 15.1 Å². The minimum Gasteiger partial charge on any atom is -0.478 e. The second kappa shape index (κ2) is 6.23. The molecule has 6 heteroatoms. The Bertz CT molecular complexity index is 895. The lowest BCUT2D eigenvalue weighted by Crippen LogP contribution is -2.06. The first-order chi connectivity index (χ1) is 11.1. The van der Waals surface area contributed by atoms with Crippen molar-refractivity contribution >= 4 is 16.9 Å². The summed E-state index contributed by atoms with van der Waals surface area (Å²) < 4.78 is 15.9. The molecular weight excluding hydrogens is 300 g/mol. The summed E-state index contributed by atoms with van der Waals surface area (Å²) in [6.45, 7) is -0.0605. The molecule has 0 aliphatic carbocycles. The zero-order chi connectivity index (χ0) is 16.2. The monoisotopic (exact) mass is 312 g/mol. The predicted molar refractivity (Wildman–Crippen MR) is 82.0 cm³/mol. The summed E-state index contributed by atoms with van der Waals surface area (Å²) >= 11 is 0. The Balaban J connectivity index is 1.64. The highest BCUT2D eigenvalue weighted by atomic mass is 16.7. The number of ether oxygens (including phenoxy) is 2. The van der Waals surface area contributed by atoms with Gasteiger partial charge in [-0.3, -0.25) is 0 Å². The Hall–Kier alpha value is -3.28. The van der Waals surface area contributed by atoms with E-state index in [9.17, 15) is 9.59 Å². The average Bonchev–Trinajstić information content (AvgIpc) is 2.55. The number of hydrogen-bond donors (Lipinski definition) is 1. The molecule has 0 atom stereocenters. The standard InChI is InChI=1S/C17H12O6/c18-16-8-4-11-1-7-14(9-15(11)23-16)22-10-21-13-5-2-12(3-6-13)17(19)20/h1-9H,10H2,(H,19,20). The minimum atomic E-state index is -0.995. The van der Waals surface area contributed by atoms with Crippen LogP contribution in [0.25, 0.3) is 11.0 Å². The van der Waals surface area contributed by atoms with Gasteiger partial charge in [0.25, 0.3) is 0 Å². The first-order valence-corrected chi connectivity index (χ1v) is 6.75. The summed E-state index contributed by atoms with van der Waals surface area (Å²) in [6, 6.07) is 14.1. The van der Waals surface area contributed by atoms with Gasteiger partial charge in [-0.25, -0.2) is 9.59 Å². The summed E-state index contributed by atoms with van der Waals surface area (Å²) in [4.78, 5) is 21.9. The fourth-order valence-corrected chi connectivity index (χ4v) is 1.99. The van der Waals surface area contributed by atoms with Gasteiger partial charge >= 0.3 is 11.6 Å². The summed E-state index contributed by atoms with van der Waals surface area (Å²) in [5.41, 5.74) is 0.188. The molecule has 0 aliphatic rings. The molecule has 0 amide bonds. The molecule has 0 unspecified atom stereocenters. The molecule has 0 bridgehead atoms.